The minimum atomic E-state index is 0.899. The van der Waals surface area contributed by atoms with Gasteiger partial charge in [-0.3, -0.25) is 0 Å². The number of methoxy groups -OCH3 is 1. The summed E-state index contributed by atoms with van der Waals surface area (Å²) in [4.78, 5) is 0. The predicted molar refractivity (Wildman–Crippen MR) is 83.0 cm³/mol. The summed E-state index contributed by atoms with van der Waals surface area (Å²) in [6, 6.07) is 12.8. The zero-order valence-corrected chi connectivity index (χ0v) is 12.9. The molecule has 0 fully saturated rings. The summed E-state index contributed by atoms with van der Waals surface area (Å²) in [5.41, 5.74) is 5.16. The molecule has 2 heteroatoms. The number of benzene rings is 1. The van der Waals surface area contributed by atoms with Crippen LogP contribution >= 0.6 is 0 Å². The Morgan fingerprint density at radius 3 is 2.05 bits per heavy atom. The SMILES string of the molecule is CCCC[n+]1c(C)cc(-c2ccc(OC)cc2)cc1C. The van der Waals surface area contributed by atoms with Gasteiger partial charge in [0.1, 0.15) is 12.3 Å². The molecule has 2 rings (SSSR count). The summed E-state index contributed by atoms with van der Waals surface area (Å²) in [7, 11) is 1.70. The zero-order chi connectivity index (χ0) is 14.5. The molecule has 2 aromatic rings. The first-order chi connectivity index (χ1) is 9.65. The van der Waals surface area contributed by atoms with Crippen molar-refractivity contribution in [1.29, 1.82) is 0 Å². The summed E-state index contributed by atoms with van der Waals surface area (Å²) in [5.74, 6) is 0.899. The first kappa shape index (κ1) is 14.6. The monoisotopic (exact) mass is 270 g/mol. The molecule has 0 radical (unpaired) electrons. The van der Waals surface area contributed by atoms with Gasteiger partial charge in [0.2, 0.25) is 0 Å². The van der Waals surface area contributed by atoms with Gasteiger partial charge in [-0.25, -0.2) is 4.57 Å². The highest BCUT2D eigenvalue weighted by atomic mass is 16.5. The van der Waals surface area contributed by atoms with Crippen LogP contribution in [0.5, 0.6) is 5.75 Å². The lowest BCUT2D eigenvalue weighted by atomic mass is 10.0. The maximum absolute atomic E-state index is 5.21. The van der Waals surface area contributed by atoms with Crippen LogP contribution in [0.3, 0.4) is 0 Å². The Kier molecular flexibility index (Phi) is 4.78. The van der Waals surface area contributed by atoms with E-state index in [1.165, 1.54) is 35.4 Å². The molecule has 0 N–H and O–H groups in total. The summed E-state index contributed by atoms with van der Waals surface area (Å²) in [6.45, 7) is 7.72. The van der Waals surface area contributed by atoms with Gasteiger partial charge < -0.3 is 4.74 Å². The fourth-order valence-corrected chi connectivity index (χ4v) is 2.54. The van der Waals surface area contributed by atoms with Gasteiger partial charge in [0.05, 0.1) is 7.11 Å². The van der Waals surface area contributed by atoms with Gasteiger partial charge in [0, 0.05) is 32.4 Å². The Bertz CT molecular complexity index is 549. The van der Waals surface area contributed by atoms with E-state index in [4.69, 9.17) is 4.74 Å². The molecule has 2 nitrogen and oxygen atoms in total. The number of aryl methyl sites for hydroxylation is 2. The molecular formula is C18H24NO+. The summed E-state index contributed by atoms with van der Waals surface area (Å²) in [6.07, 6.45) is 2.46. The molecule has 0 saturated heterocycles. The third kappa shape index (κ3) is 3.19. The largest absolute Gasteiger partial charge is 0.497 e. The fourth-order valence-electron chi connectivity index (χ4n) is 2.54. The van der Waals surface area contributed by atoms with Crippen molar-refractivity contribution in [3.8, 4) is 16.9 Å². The minimum Gasteiger partial charge on any atom is -0.497 e. The normalized spacial score (nSPS) is 10.6. The zero-order valence-electron chi connectivity index (χ0n) is 12.9. The van der Waals surface area contributed by atoms with E-state index in [1.807, 2.05) is 12.1 Å². The molecule has 0 aliphatic carbocycles. The van der Waals surface area contributed by atoms with E-state index in [9.17, 15) is 0 Å². The molecule has 1 heterocycles. The quantitative estimate of drug-likeness (QED) is 0.747. The number of hydrogen-bond donors (Lipinski definition) is 0. The van der Waals surface area contributed by atoms with Crippen LogP contribution in [0, 0.1) is 13.8 Å². The topological polar surface area (TPSA) is 13.1 Å². The van der Waals surface area contributed by atoms with Crippen molar-refractivity contribution in [3.63, 3.8) is 0 Å². The van der Waals surface area contributed by atoms with Crippen LogP contribution < -0.4 is 9.30 Å². The van der Waals surface area contributed by atoms with E-state index in [1.54, 1.807) is 7.11 Å². The van der Waals surface area contributed by atoms with Crippen LogP contribution in [0.25, 0.3) is 11.1 Å². The summed E-state index contributed by atoms with van der Waals surface area (Å²) >= 11 is 0. The second-order valence-electron chi connectivity index (χ2n) is 5.26. The van der Waals surface area contributed by atoms with Crippen molar-refractivity contribution in [2.45, 2.75) is 40.2 Å². The van der Waals surface area contributed by atoms with E-state index in [-0.39, 0.29) is 0 Å². The van der Waals surface area contributed by atoms with Gasteiger partial charge in [-0.05, 0) is 23.3 Å². The highest BCUT2D eigenvalue weighted by molar-refractivity contribution is 5.64. The van der Waals surface area contributed by atoms with Gasteiger partial charge in [-0.1, -0.05) is 25.5 Å². The van der Waals surface area contributed by atoms with Crippen molar-refractivity contribution in [1.82, 2.24) is 0 Å². The minimum absolute atomic E-state index is 0.899. The highest BCUT2D eigenvalue weighted by Crippen LogP contribution is 2.23. The van der Waals surface area contributed by atoms with Gasteiger partial charge in [-0.15, -0.1) is 0 Å². The van der Waals surface area contributed by atoms with E-state index in [0.29, 0.717) is 0 Å². The lowest BCUT2D eigenvalue weighted by Crippen LogP contribution is -2.40. The Morgan fingerprint density at radius 2 is 1.55 bits per heavy atom. The molecule has 1 aromatic carbocycles. The van der Waals surface area contributed by atoms with Crippen molar-refractivity contribution < 1.29 is 9.30 Å². The Hall–Kier alpha value is -1.83. The van der Waals surface area contributed by atoms with Crippen LogP contribution in [-0.2, 0) is 6.54 Å². The second kappa shape index (κ2) is 6.56. The Labute approximate surface area is 122 Å². The highest BCUT2D eigenvalue weighted by Gasteiger charge is 2.12. The van der Waals surface area contributed by atoms with E-state index in [2.05, 4.69) is 49.6 Å². The van der Waals surface area contributed by atoms with Crippen LogP contribution in [0.2, 0.25) is 0 Å². The van der Waals surface area contributed by atoms with Crippen molar-refractivity contribution in [2.75, 3.05) is 7.11 Å². The first-order valence-electron chi connectivity index (χ1n) is 7.31. The molecule has 0 unspecified atom stereocenters. The van der Waals surface area contributed by atoms with Gasteiger partial charge in [0.25, 0.3) is 0 Å². The lowest BCUT2D eigenvalue weighted by Gasteiger charge is -2.08. The number of rotatable bonds is 5. The second-order valence-corrected chi connectivity index (χ2v) is 5.26. The van der Waals surface area contributed by atoms with Gasteiger partial charge >= 0.3 is 0 Å². The summed E-state index contributed by atoms with van der Waals surface area (Å²) < 4.78 is 7.61. The van der Waals surface area contributed by atoms with Crippen LogP contribution in [-0.4, -0.2) is 7.11 Å². The summed E-state index contributed by atoms with van der Waals surface area (Å²) in [5, 5.41) is 0. The molecule has 0 spiro atoms. The number of aromatic nitrogens is 1. The molecule has 0 saturated carbocycles. The Morgan fingerprint density at radius 1 is 0.950 bits per heavy atom. The molecule has 1 aromatic heterocycles. The molecule has 106 valence electrons. The fraction of sp³-hybridized carbons (Fsp3) is 0.389. The maximum Gasteiger partial charge on any atom is 0.179 e. The number of nitrogens with zero attached hydrogens (tertiary/aromatic N) is 1. The first-order valence-corrected chi connectivity index (χ1v) is 7.31. The van der Waals surface area contributed by atoms with Crippen molar-refractivity contribution >= 4 is 0 Å². The molecule has 20 heavy (non-hydrogen) atoms. The standard InChI is InChI=1S/C18H24NO/c1-5-6-11-19-14(2)12-17(13-15(19)3)16-7-9-18(20-4)10-8-16/h7-10,12-13H,5-6,11H2,1-4H3/q+1. The van der Waals surface area contributed by atoms with Crippen molar-refractivity contribution in [3.05, 3.63) is 47.8 Å². The molecule has 0 aliphatic heterocycles. The molecule has 0 aliphatic rings. The third-order valence-corrected chi connectivity index (χ3v) is 3.74. The van der Waals surface area contributed by atoms with Crippen LogP contribution in [0.4, 0.5) is 0 Å². The van der Waals surface area contributed by atoms with Crippen LogP contribution in [0.15, 0.2) is 36.4 Å². The van der Waals surface area contributed by atoms with Crippen LogP contribution in [0.1, 0.15) is 31.2 Å². The number of pyridine rings is 1. The number of unbranched alkanes of at least 4 members (excludes halogenated alkanes) is 1. The average Bonchev–Trinajstić information content (AvgIpc) is 2.46. The molecule has 0 bridgehead atoms. The Balaban J connectivity index is 2.33. The van der Waals surface area contributed by atoms with E-state index in [0.717, 1.165) is 12.3 Å². The van der Waals surface area contributed by atoms with Gasteiger partial charge in [-0.2, -0.15) is 0 Å². The third-order valence-electron chi connectivity index (χ3n) is 3.74. The smallest absolute Gasteiger partial charge is 0.179 e. The van der Waals surface area contributed by atoms with E-state index >= 15 is 0 Å². The molecular weight excluding hydrogens is 246 g/mol. The lowest BCUT2D eigenvalue weighted by molar-refractivity contribution is -0.708. The molecule has 0 amide bonds. The number of ether oxygens (including phenoxy) is 1. The maximum atomic E-state index is 5.21. The van der Waals surface area contributed by atoms with E-state index < -0.39 is 0 Å². The predicted octanol–water partition coefficient (Wildman–Crippen LogP) is 4.07. The van der Waals surface area contributed by atoms with Gasteiger partial charge in [0.15, 0.2) is 11.4 Å². The number of hydrogen-bond acceptors (Lipinski definition) is 1. The average molecular weight is 270 g/mol. The molecule has 0 atom stereocenters. The van der Waals surface area contributed by atoms with Crippen molar-refractivity contribution in [2.24, 2.45) is 0 Å².